The van der Waals surface area contributed by atoms with Gasteiger partial charge in [0, 0.05) is 42.5 Å². The van der Waals surface area contributed by atoms with Crippen LogP contribution >= 0.6 is 23.8 Å². The molecule has 0 spiro atoms. The van der Waals surface area contributed by atoms with Crippen LogP contribution in [-0.2, 0) is 4.79 Å². The molecule has 1 aliphatic rings. The van der Waals surface area contributed by atoms with Crippen LogP contribution in [0.2, 0.25) is 5.02 Å². The Morgan fingerprint density at radius 2 is 1.82 bits per heavy atom. The average Bonchev–Trinajstić information content (AvgIpc) is 2.70. The number of carbonyl (C=O) groups excluding carboxylic acids is 1. The maximum absolute atomic E-state index is 12.1. The van der Waals surface area contributed by atoms with Gasteiger partial charge in [0.15, 0.2) is 6.61 Å². The molecule has 5 nitrogen and oxygen atoms in total. The Bertz CT molecular complexity index is 849. The molecule has 28 heavy (non-hydrogen) atoms. The molecule has 1 fully saturated rings. The lowest BCUT2D eigenvalue weighted by molar-refractivity contribution is -0.118. The van der Waals surface area contributed by atoms with E-state index in [1.54, 1.807) is 12.1 Å². The number of ether oxygens (including phenoxy) is 1. The fraction of sp³-hybridized carbons (Fsp3) is 0.333. The summed E-state index contributed by atoms with van der Waals surface area (Å²) < 4.78 is 5.60. The minimum absolute atomic E-state index is 0.0752. The third kappa shape index (κ3) is 5.44. The number of amides is 1. The van der Waals surface area contributed by atoms with Crippen molar-refractivity contribution < 1.29 is 9.53 Å². The number of nitrogens with one attached hydrogen (secondary N) is 1. The van der Waals surface area contributed by atoms with E-state index >= 15 is 0 Å². The van der Waals surface area contributed by atoms with E-state index in [1.165, 1.54) is 0 Å². The van der Waals surface area contributed by atoms with E-state index in [4.69, 9.17) is 28.6 Å². The van der Waals surface area contributed by atoms with E-state index in [0.29, 0.717) is 16.5 Å². The van der Waals surface area contributed by atoms with Crippen LogP contribution in [0.1, 0.15) is 11.1 Å². The zero-order valence-electron chi connectivity index (χ0n) is 16.1. The lowest BCUT2D eigenvalue weighted by atomic mass is 10.2. The summed E-state index contributed by atoms with van der Waals surface area (Å²) in [5.41, 5.74) is 2.62. The number of likely N-dealkylation sites (N-methyl/N-ethyl adjacent to an activating group) is 1. The summed E-state index contributed by atoms with van der Waals surface area (Å²) >= 11 is 11.6. The third-order valence-electron chi connectivity index (χ3n) is 4.74. The molecule has 0 aromatic heterocycles. The number of benzene rings is 2. The zero-order chi connectivity index (χ0) is 20.1. The SMILES string of the molecule is Cc1ccc(Cl)cc1NC(=O)COc1ccc(C(=S)N2CCN(C)CC2)cc1. The van der Waals surface area contributed by atoms with Crippen LogP contribution in [0, 0.1) is 6.92 Å². The predicted molar refractivity (Wildman–Crippen MR) is 118 cm³/mol. The van der Waals surface area contributed by atoms with Crippen molar-refractivity contribution in [2.75, 3.05) is 45.2 Å². The van der Waals surface area contributed by atoms with Crippen molar-refractivity contribution in [3.8, 4) is 5.75 Å². The molecule has 0 unspecified atom stereocenters. The van der Waals surface area contributed by atoms with Gasteiger partial charge in [-0.1, -0.05) is 29.9 Å². The van der Waals surface area contributed by atoms with E-state index < -0.39 is 0 Å². The van der Waals surface area contributed by atoms with Crippen molar-refractivity contribution >= 4 is 40.4 Å². The highest BCUT2D eigenvalue weighted by Gasteiger charge is 2.17. The summed E-state index contributed by atoms with van der Waals surface area (Å²) in [6.07, 6.45) is 0. The predicted octanol–water partition coefficient (Wildman–Crippen LogP) is 3.59. The molecule has 0 saturated carbocycles. The van der Waals surface area contributed by atoms with Crippen LogP contribution in [0.5, 0.6) is 5.75 Å². The molecule has 0 radical (unpaired) electrons. The molecule has 1 aliphatic heterocycles. The fourth-order valence-corrected chi connectivity index (χ4v) is 3.44. The Hall–Kier alpha value is -2.15. The van der Waals surface area contributed by atoms with Crippen LogP contribution in [0.15, 0.2) is 42.5 Å². The Morgan fingerprint density at radius 1 is 1.14 bits per heavy atom. The van der Waals surface area contributed by atoms with E-state index in [1.807, 2.05) is 37.3 Å². The molecule has 1 amide bonds. The van der Waals surface area contributed by atoms with Gasteiger partial charge in [0.1, 0.15) is 10.7 Å². The van der Waals surface area contributed by atoms with Gasteiger partial charge in [0.05, 0.1) is 0 Å². The summed E-state index contributed by atoms with van der Waals surface area (Å²) in [6, 6.07) is 12.9. The third-order valence-corrected chi connectivity index (χ3v) is 5.46. The lowest BCUT2D eigenvalue weighted by Gasteiger charge is -2.34. The molecule has 0 aliphatic carbocycles. The summed E-state index contributed by atoms with van der Waals surface area (Å²) in [7, 11) is 2.12. The number of halogens is 1. The van der Waals surface area contributed by atoms with Crippen molar-refractivity contribution in [1.82, 2.24) is 9.80 Å². The van der Waals surface area contributed by atoms with Gasteiger partial charge in [-0.15, -0.1) is 0 Å². The first-order valence-corrected chi connectivity index (χ1v) is 9.97. The van der Waals surface area contributed by atoms with E-state index in [2.05, 4.69) is 22.2 Å². The molecule has 1 N–H and O–H groups in total. The quantitative estimate of drug-likeness (QED) is 0.753. The van der Waals surface area contributed by atoms with Crippen LogP contribution < -0.4 is 10.1 Å². The summed E-state index contributed by atoms with van der Waals surface area (Å²) in [4.78, 5) is 17.5. The van der Waals surface area contributed by atoms with Crippen molar-refractivity contribution in [1.29, 1.82) is 0 Å². The van der Waals surface area contributed by atoms with E-state index in [9.17, 15) is 4.79 Å². The molecular formula is C21H24ClN3O2S. The maximum Gasteiger partial charge on any atom is 0.262 e. The number of hydrogen-bond acceptors (Lipinski definition) is 4. The number of rotatable bonds is 5. The number of anilines is 1. The van der Waals surface area contributed by atoms with Gasteiger partial charge in [-0.2, -0.15) is 0 Å². The molecule has 7 heteroatoms. The number of piperazine rings is 1. The molecule has 1 saturated heterocycles. The first-order valence-electron chi connectivity index (χ1n) is 9.19. The molecule has 0 atom stereocenters. The number of hydrogen-bond donors (Lipinski definition) is 1. The van der Waals surface area contributed by atoms with Crippen molar-refractivity contribution in [2.45, 2.75) is 6.92 Å². The first-order chi connectivity index (χ1) is 13.4. The Labute approximate surface area is 176 Å². The molecule has 0 bridgehead atoms. The van der Waals surface area contributed by atoms with Gasteiger partial charge < -0.3 is 19.9 Å². The van der Waals surface area contributed by atoms with Crippen LogP contribution in [-0.4, -0.2) is 60.5 Å². The molecule has 148 valence electrons. The first kappa shape index (κ1) is 20.6. The van der Waals surface area contributed by atoms with E-state index in [-0.39, 0.29) is 12.5 Å². The summed E-state index contributed by atoms with van der Waals surface area (Å²) in [6.45, 7) is 5.75. The van der Waals surface area contributed by atoms with Gasteiger partial charge in [-0.25, -0.2) is 0 Å². The Kier molecular flexibility index (Phi) is 6.88. The van der Waals surface area contributed by atoms with Gasteiger partial charge in [0.25, 0.3) is 5.91 Å². The summed E-state index contributed by atoms with van der Waals surface area (Å²) in [5, 5.41) is 3.40. The van der Waals surface area contributed by atoms with Crippen LogP contribution in [0.4, 0.5) is 5.69 Å². The van der Waals surface area contributed by atoms with Gasteiger partial charge in [0.2, 0.25) is 0 Å². The molecule has 2 aromatic carbocycles. The van der Waals surface area contributed by atoms with Crippen LogP contribution in [0.3, 0.4) is 0 Å². The van der Waals surface area contributed by atoms with Crippen molar-refractivity contribution in [3.05, 3.63) is 58.6 Å². The van der Waals surface area contributed by atoms with E-state index in [0.717, 1.165) is 42.3 Å². The largest absolute Gasteiger partial charge is 0.484 e. The monoisotopic (exact) mass is 417 g/mol. The molecule has 2 aromatic rings. The van der Waals surface area contributed by atoms with Crippen LogP contribution in [0.25, 0.3) is 0 Å². The zero-order valence-corrected chi connectivity index (χ0v) is 17.6. The second-order valence-electron chi connectivity index (χ2n) is 6.92. The molecular weight excluding hydrogens is 394 g/mol. The minimum Gasteiger partial charge on any atom is -0.484 e. The smallest absolute Gasteiger partial charge is 0.262 e. The highest BCUT2D eigenvalue weighted by atomic mass is 35.5. The van der Waals surface area contributed by atoms with Gasteiger partial charge in [-0.3, -0.25) is 4.79 Å². The van der Waals surface area contributed by atoms with Crippen molar-refractivity contribution in [3.63, 3.8) is 0 Å². The normalized spacial score (nSPS) is 14.6. The highest BCUT2D eigenvalue weighted by Crippen LogP contribution is 2.20. The number of thiocarbonyl (C=S) groups is 1. The topological polar surface area (TPSA) is 44.8 Å². The maximum atomic E-state index is 12.1. The number of carbonyl (C=O) groups is 1. The lowest BCUT2D eigenvalue weighted by Crippen LogP contribution is -2.46. The second-order valence-corrected chi connectivity index (χ2v) is 7.74. The summed E-state index contributed by atoms with van der Waals surface area (Å²) in [5.74, 6) is 0.394. The Balaban J connectivity index is 1.52. The highest BCUT2D eigenvalue weighted by molar-refractivity contribution is 7.80. The number of aryl methyl sites for hydroxylation is 1. The van der Waals surface area contributed by atoms with Gasteiger partial charge in [-0.05, 0) is 55.9 Å². The van der Waals surface area contributed by atoms with Gasteiger partial charge >= 0.3 is 0 Å². The minimum atomic E-state index is -0.234. The number of nitrogens with zero attached hydrogens (tertiary/aromatic N) is 2. The average molecular weight is 418 g/mol. The fourth-order valence-electron chi connectivity index (χ4n) is 2.95. The standard InChI is InChI=1S/C21H24ClN3O2S/c1-15-3-6-17(22)13-19(15)23-20(26)14-27-18-7-4-16(5-8-18)21(28)25-11-9-24(2)10-12-25/h3-8,13H,9-12,14H2,1-2H3,(H,23,26). The molecule has 3 rings (SSSR count). The molecule has 1 heterocycles. The second kappa shape index (κ2) is 9.37. The van der Waals surface area contributed by atoms with Crippen molar-refractivity contribution in [2.24, 2.45) is 0 Å². The Morgan fingerprint density at radius 3 is 2.50 bits per heavy atom.